The Labute approximate surface area is 221 Å². The Hall–Kier alpha value is -3.30. The molecule has 1 unspecified atom stereocenters. The van der Waals surface area contributed by atoms with Crippen molar-refractivity contribution in [1.29, 1.82) is 0 Å². The van der Waals surface area contributed by atoms with Crippen molar-refractivity contribution in [3.8, 4) is 0 Å². The number of pyridine rings is 1. The van der Waals surface area contributed by atoms with Gasteiger partial charge in [-0.1, -0.05) is 25.5 Å². The van der Waals surface area contributed by atoms with Gasteiger partial charge in [0.1, 0.15) is 10.9 Å². The molecule has 2 aliphatic rings. The summed E-state index contributed by atoms with van der Waals surface area (Å²) in [6.45, 7) is 0.417. The van der Waals surface area contributed by atoms with Gasteiger partial charge in [-0.3, -0.25) is 24.3 Å². The summed E-state index contributed by atoms with van der Waals surface area (Å²) < 4.78 is 72.4. The van der Waals surface area contributed by atoms with Crippen molar-refractivity contribution in [3.63, 3.8) is 0 Å². The Morgan fingerprint density at radius 2 is 1.82 bits per heavy atom. The molecule has 1 N–H and O–H groups in total. The number of carbonyl (C=O) groups excluding carboxylic acids is 3. The van der Waals surface area contributed by atoms with Gasteiger partial charge in [0.25, 0.3) is 5.91 Å². The van der Waals surface area contributed by atoms with E-state index in [4.69, 9.17) is 4.74 Å². The average Bonchev–Trinajstić information content (AvgIpc) is 3.37. The SMILES string of the molecule is CO[C@H]1CN[C@@H](C(=O)N(c2ccc(S(F)(F)(F)(F)F)cc2)C(C(=O)N2CCN(C)C(=O)C2)c2cccnc2)C1. The number of halogens is 5. The molecule has 3 atom stereocenters. The number of benzene rings is 1. The molecule has 4 rings (SSSR count). The third kappa shape index (κ3) is 6.31. The van der Waals surface area contributed by atoms with Crippen LogP contribution in [0.15, 0.2) is 53.7 Å². The minimum Gasteiger partial charge on any atom is -0.380 e. The normalized spacial score (nSPS) is 22.7. The predicted octanol–water partition coefficient (Wildman–Crippen LogP) is 3.49. The van der Waals surface area contributed by atoms with Crippen LogP contribution in [0.5, 0.6) is 0 Å². The third-order valence-electron chi connectivity index (χ3n) is 6.78. The topological polar surface area (TPSA) is 95.1 Å². The van der Waals surface area contributed by atoms with Gasteiger partial charge in [-0.15, -0.1) is 0 Å². The van der Waals surface area contributed by atoms with Gasteiger partial charge in [-0.25, -0.2) is 0 Å². The second kappa shape index (κ2) is 9.71. The highest BCUT2D eigenvalue weighted by Crippen LogP contribution is 3.02. The molecule has 1 aromatic heterocycles. The van der Waals surface area contributed by atoms with E-state index < -0.39 is 39.0 Å². The van der Waals surface area contributed by atoms with Gasteiger partial charge in [0, 0.05) is 57.4 Å². The smallest absolute Gasteiger partial charge is 0.310 e. The lowest BCUT2D eigenvalue weighted by atomic mass is 10.0. The Balaban J connectivity index is 1.82. The molecule has 0 radical (unpaired) electrons. The minimum absolute atomic E-state index is 0.149. The third-order valence-corrected chi connectivity index (χ3v) is 7.94. The van der Waals surface area contributed by atoms with Crippen molar-refractivity contribution in [3.05, 3.63) is 54.4 Å². The zero-order valence-corrected chi connectivity index (χ0v) is 21.9. The van der Waals surface area contributed by atoms with Gasteiger partial charge in [-0.05, 0) is 36.8 Å². The molecular formula is C24H28F5N5O4S. The number of hydrogen-bond acceptors (Lipinski definition) is 6. The summed E-state index contributed by atoms with van der Waals surface area (Å²) in [4.78, 5) is 45.8. The molecule has 39 heavy (non-hydrogen) atoms. The number of likely N-dealkylation sites (N-methyl/N-ethyl adjacent to an activating group) is 1. The average molecular weight is 578 g/mol. The first-order chi connectivity index (χ1) is 18.1. The molecule has 2 aromatic rings. The Morgan fingerprint density at radius 1 is 1.13 bits per heavy atom. The number of nitrogens with zero attached hydrogens (tertiary/aromatic N) is 4. The molecular weight excluding hydrogens is 549 g/mol. The van der Waals surface area contributed by atoms with Crippen molar-refractivity contribution >= 4 is 33.6 Å². The first-order valence-electron chi connectivity index (χ1n) is 11.9. The molecule has 0 bridgehead atoms. The highest BCUT2D eigenvalue weighted by molar-refractivity contribution is 8.45. The van der Waals surface area contributed by atoms with Gasteiger partial charge < -0.3 is 19.9 Å². The largest absolute Gasteiger partial charge is 0.380 e. The molecule has 9 nitrogen and oxygen atoms in total. The van der Waals surface area contributed by atoms with Gasteiger partial charge in [0.05, 0.1) is 18.7 Å². The highest BCUT2D eigenvalue weighted by atomic mass is 32.5. The van der Waals surface area contributed by atoms with E-state index in [2.05, 4.69) is 10.3 Å². The molecule has 3 heterocycles. The number of aromatic nitrogens is 1. The Morgan fingerprint density at radius 3 is 2.36 bits per heavy atom. The summed E-state index contributed by atoms with van der Waals surface area (Å²) in [6.07, 6.45) is 2.63. The number of nitrogens with one attached hydrogen (secondary N) is 1. The summed E-state index contributed by atoms with van der Waals surface area (Å²) in [5, 5.41) is 2.98. The van der Waals surface area contributed by atoms with E-state index in [0.29, 0.717) is 6.54 Å². The summed E-state index contributed by atoms with van der Waals surface area (Å²) in [6, 6.07) is 2.56. The van der Waals surface area contributed by atoms with Crippen LogP contribution < -0.4 is 10.2 Å². The van der Waals surface area contributed by atoms with E-state index in [0.717, 1.165) is 17.0 Å². The van der Waals surface area contributed by atoms with Crippen LogP contribution in [0.4, 0.5) is 25.1 Å². The molecule has 0 saturated carbocycles. The second-order valence-electron chi connectivity index (χ2n) is 9.49. The number of hydrogen-bond donors (Lipinski definition) is 1. The fourth-order valence-corrected chi connectivity index (χ4v) is 5.22. The van der Waals surface area contributed by atoms with Crippen molar-refractivity contribution in [1.82, 2.24) is 20.1 Å². The van der Waals surface area contributed by atoms with E-state index >= 15 is 0 Å². The maximum Gasteiger partial charge on any atom is 0.310 e. The van der Waals surface area contributed by atoms with Crippen molar-refractivity contribution < 1.29 is 38.5 Å². The molecule has 214 valence electrons. The van der Waals surface area contributed by atoms with E-state index in [-0.39, 0.29) is 61.4 Å². The molecule has 2 aliphatic heterocycles. The Bertz CT molecular complexity index is 1250. The lowest BCUT2D eigenvalue weighted by Crippen LogP contribution is -2.55. The Kier molecular flexibility index (Phi) is 7.15. The zero-order valence-electron chi connectivity index (χ0n) is 21.1. The van der Waals surface area contributed by atoms with Crippen LogP contribution in [-0.2, 0) is 19.1 Å². The molecule has 3 amide bonds. The van der Waals surface area contributed by atoms with E-state index in [1.165, 1.54) is 41.4 Å². The van der Waals surface area contributed by atoms with Crippen molar-refractivity contribution in [2.45, 2.75) is 29.5 Å². The maximum atomic E-state index is 13.9. The van der Waals surface area contributed by atoms with E-state index in [1.54, 1.807) is 7.05 Å². The van der Waals surface area contributed by atoms with Crippen LogP contribution in [0.25, 0.3) is 0 Å². The summed E-state index contributed by atoms with van der Waals surface area (Å²) in [5.41, 5.74) is 0.0104. The molecule has 2 saturated heterocycles. The predicted molar refractivity (Wildman–Crippen MR) is 134 cm³/mol. The van der Waals surface area contributed by atoms with Crippen LogP contribution in [0.3, 0.4) is 0 Å². The number of piperazine rings is 1. The highest BCUT2D eigenvalue weighted by Gasteiger charge is 2.65. The van der Waals surface area contributed by atoms with Crippen LogP contribution >= 0.6 is 10.2 Å². The molecule has 1 aromatic carbocycles. The maximum absolute atomic E-state index is 13.9. The first-order valence-corrected chi connectivity index (χ1v) is 13.9. The zero-order chi connectivity index (χ0) is 28.7. The molecule has 0 spiro atoms. The lowest BCUT2D eigenvalue weighted by Gasteiger charge is -2.41. The van der Waals surface area contributed by atoms with Gasteiger partial charge in [0.15, 0.2) is 0 Å². The van der Waals surface area contributed by atoms with Gasteiger partial charge in [0.2, 0.25) is 11.8 Å². The van der Waals surface area contributed by atoms with Crippen molar-refractivity contribution in [2.75, 3.05) is 45.2 Å². The molecule has 0 aliphatic carbocycles. The van der Waals surface area contributed by atoms with E-state index in [9.17, 15) is 33.8 Å². The molecule has 15 heteroatoms. The fourth-order valence-electron chi connectivity index (χ4n) is 4.57. The fraction of sp³-hybridized carbons (Fsp3) is 0.417. The first kappa shape index (κ1) is 28.7. The monoisotopic (exact) mass is 577 g/mol. The molecule has 2 fully saturated rings. The van der Waals surface area contributed by atoms with Crippen LogP contribution in [0, 0.1) is 0 Å². The van der Waals surface area contributed by atoms with Crippen LogP contribution in [0.1, 0.15) is 18.0 Å². The lowest BCUT2D eigenvalue weighted by molar-refractivity contribution is -0.145. The summed E-state index contributed by atoms with van der Waals surface area (Å²) in [5.74, 6) is -1.69. The van der Waals surface area contributed by atoms with Gasteiger partial charge in [-0.2, -0.15) is 0 Å². The number of rotatable bonds is 7. The number of ether oxygens (including phenoxy) is 1. The van der Waals surface area contributed by atoms with Gasteiger partial charge >= 0.3 is 10.2 Å². The van der Waals surface area contributed by atoms with Crippen LogP contribution in [-0.4, -0.2) is 85.0 Å². The quantitative estimate of drug-likeness (QED) is 0.507. The second-order valence-corrected chi connectivity index (χ2v) is 11.9. The summed E-state index contributed by atoms with van der Waals surface area (Å²) >= 11 is 0. The minimum atomic E-state index is -9.99. The summed E-state index contributed by atoms with van der Waals surface area (Å²) in [7, 11) is -6.95. The number of carbonyl (C=O) groups is 3. The number of methoxy groups -OCH3 is 1. The number of anilines is 1. The number of amides is 3. The van der Waals surface area contributed by atoms with E-state index in [1.807, 2.05) is 0 Å². The standard InChI is InChI=1S/C24H28F5N5O4S/c1-32-10-11-33(15-21(32)35)24(37)22(16-4-3-9-30-13-16)34(23(36)20-12-18(38-2)14-31-20)17-5-7-19(8-6-17)39(25,26,27,28)29/h3-9,13,18,20,22,31H,10-12,14-15H2,1-2H3/t18-,20-,22?/m1/s1. The van der Waals surface area contributed by atoms with Crippen LogP contribution in [0.2, 0.25) is 0 Å². The van der Waals surface area contributed by atoms with Crippen molar-refractivity contribution in [2.24, 2.45) is 0 Å².